The van der Waals surface area contributed by atoms with Crippen LogP contribution in [0.15, 0.2) is 30.5 Å². The molecule has 3 nitrogen and oxygen atoms in total. The Morgan fingerprint density at radius 1 is 1.33 bits per heavy atom. The number of benzene rings is 1. The largest absolute Gasteiger partial charge is 0.360 e. The number of H-pyrrole nitrogens is 1. The zero-order valence-corrected chi connectivity index (χ0v) is 11.2. The lowest BCUT2D eigenvalue weighted by molar-refractivity contribution is 0.825. The molecule has 1 unspecified atom stereocenters. The van der Waals surface area contributed by atoms with Crippen LogP contribution in [0.2, 0.25) is 0 Å². The average Bonchev–Trinajstić information content (AvgIpc) is 2.92. The molecule has 3 rings (SSSR count). The molecule has 0 aliphatic rings. The number of fused-ring (bicyclic) bond motifs is 1. The minimum Gasteiger partial charge on any atom is -0.360 e. The third kappa shape index (κ3) is 1.74. The third-order valence-electron chi connectivity index (χ3n) is 3.07. The van der Waals surface area contributed by atoms with Crippen molar-refractivity contribution in [3.63, 3.8) is 0 Å². The van der Waals surface area contributed by atoms with Crippen molar-refractivity contribution in [3.8, 4) is 10.6 Å². The molecule has 18 heavy (non-hydrogen) atoms. The van der Waals surface area contributed by atoms with E-state index in [9.17, 15) is 0 Å². The molecule has 4 heteroatoms. The summed E-state index contributed by atoms with van der Waals surface area (Å²) in [6.07, 6.45) is 2.02. The number of hydrogen-bond acceptors (Lipinski definition) is 3. The second-order valence-electron chi connectivity index (χ2n) is 4.51. The topological polar surface area (TPSA) is 54.7 Å². The van der Waals surface area contributed by atoms with Gasteiger partial charge in [-0.15, -0.1) is 11.3 Å². The van der Waals surface area contributed by atoms with Gasteiger partial charge in [0.25, 0.3) is 0 Å². The summed E-state index contributed by atoms with van der Waals surface area (Å²) in [5.74, 6) is 0. The van der Waals surface area contributed by atoms with Crippen LogP contribution in [0.4, 0.5) is 0 Å². The first-order valence-electron chi connectivity index (χ1n) is 5.96. The van der Waals surface area contributed by atoms with Crippen molar-refractivity contribution in [2.75, 3.05) is 0 Å². The monoisotopic (exact) mass is 257 g/mol. The van der Waals surface area contributed by atoms with E-state index in [0.717, 1.165) is 26.7 Å². The van der Waals surface area contributed by atoms with Gasteiger partial charge in [-0.05, 0) is 19.9 Å². The zero-order valence-electron chi connectivity index (χ0n) is 10.4. The van der Waals surface area contributed by atoms with Crippen molar-refractivity contribution in [2.24, 2.45) is 5.73 Å². The SMILES string of the molecule is Cc1nc(-c2c[nH]c3ccccc23)sc1C(C)N. The van der Waals surface area contributed by atoms with E-state index in [1.807, 2.05) is 32.2 Å². The smallest absolute Gasteiger partial charge is 0.126 e. The molecule has 1 aromatic carbocycles. The van der Waals surface area contributed by atoms with Gasteiger partial charge in [0.15, 0.2) is 0 Å². The highest BCUT2D eigenvalue weighted by Crippen LogP contribution is 2.34. The second-order valence-corrected chi connectivity index (χ2v) is 5.54. The Balaban J connectivity index is 2.17. The van der Waals surface area contributed by atoms with Gasteiger partial charge in [-0.1, -0.05) is 18.2 Å². The predicted octanol–water partition coefficient (Wildman–Crippen LogP) is 3.62. The first-order chi connectivity index (χ1) is 8.66. The molecule has 0 amide bonds. The fourth-order valence-electron chi connectivity index (χ4n) is 2.19. The predicted molar refractivity (Wildman–Crippen MR) is 76.7 cm³/mol. The Morgan fingerprint density at radius 2 is 2.11 bits per heavy atom. The molecule has 0 aliphatic carbocycles. The molecule has 0 fully saturated rings. The summed E-state index contributed by atoms with van der Waals surface area (Å²) in [7, 11) is 0. The summed E-state index contributed by atoms with van der Waals surface area (Å²) in [5.41, 5.74) is 9.29. The third-order valence-corrected chi connectivity index (χ3v) is 4.46. The van der Waals surface area contributed by atoms with E-state index in [1.165, 1.54) is 5.39 Å². The number of rotatable bonds is 2. The maximum Gasteiger partial charge on any atom is 0.126 e. The highest BCUT2D eigenvalue weighted by molar-refractivity contribution is 7.15. The van der Waals surface area contributed by atoms with E-state index >= 15 is 0 Å². The number of para-hydroxylation sites is 1. The van der Waals surface area contributed by atoms with Gasteiger partial charge in [0.05, 0.1) is 5.69 Å². The van der Waals surface area contributed by atoms with Crippen molar-refractivity contribution in [1.29, 1.82) is 0 Å². The number of thiazole rings is 1. The van der Waals surface area contributed by atoms with Gasteiger partial charge in [0.2, 0.25) is 0 Å². The summed E-state index contributed by atoms with van der Waals surface area (Å²) in [5, 5.41) is 2.25. The van der Waals surface area contributed by atoms with Crippen LogP contribution >= 0.6 is 11.3 Å². The molecule has 0 spiro atoms. The molecule has 0 saturated heterocycles. The number of hydrogen-bond donors (Lipinski definition) is 2. The van der Waals surface area contributed by atoms with Crippen molar-refractivity contribution in [1.82, 2.24) is 9.97 Å². The van der Waals surface area contributed by atoms with Gasteiger partial charge in [0, 0.05) is 33.6 Å². The Kier molecular flexibility index (Phi) is 2.69. The fourth-order valence-corrected chi connectivity index (χ4v) is 3.24. The van der Waals surface area contributed by atoms with Crippen molar-refractivity contribution < 1.29 is 0 Å². The molecule has 3 aromatic rings. The Hall–Kier alpha value is -1.65. The number of nitrogens with zero attached hydrogens (tertiary/aromatic N) is 1. The normalized spacial score (nSPS) is 13.1. The van der Waals surface area contributed by atoms with Crippen molar-refractivity contribution >= 4 is 22.2 Å². The van der Waals surface area contributed by atoms with Crippen LogP contribution in [-0.4, -0.2) is 9.97 Å². The molecule has 0 saturated carbocycles. The summed E-state index contributed by atoms with van der Waals surface area (Å²) in [4.78, 5) is 9.09. The van der Waals surface area contributed by atoms with Gasteiger partial charge in [-0.25, -0.2) is 4.98 Å². The summed E-state index contributed by atoms with van der Waals surface area (Å²) < 4.78 is 0. The van der Waals surface area contributed by atoms with Gasteiger partial charge in [-0.2, -0.15) is 0 Å². The molecular formula is C14H15N3S. The quantitative estimate of drug-likeness (QED) is 0.736. The van der Waals surface area contributed by atoms with E-state index in [-0.39, 0.29) is 6.04 Å². The number of nitrogens with two attached hydrogens (primary N) is 1. The minimum absolute atomic E-state index is 0.0430. The lowest BCUT2D eigenvalue weighted by Gasteiger charge is -1.99. The van der Waals surface area contributed by atoms with Crippen LogP contribution in [0, 0.1) is 6.92 Å². The van der Waals surface area contributed by atoms with Gasteiger partial charge >= 0.3 is 0 Å². The molecule has 0 aliphatic heterocycles. The highest BCUT2D eigenvalue weighted by atomic mass is 32.1. The summed E-state index contributed by atoms with van der Waals surface area (Å²) in [6.45, 7) is 4.02. The molecule has 2 heterocycles. The summed E-state index contributed by atoms with van der Waals surface area (Å²) >= 11 is 1.68. The highest BCUT2D eigenvalue weighted by Gasteiger charge is 2.14. The average molecular weight is 257 g/mol. The number of aromatic nitrogens is 2. The fraction of sp³-hybridized carbons (Fsp3) is 0.214. The second kappa shape index (κ2) is 4.23. The van der Waals surface area contributed by atoms with Crippen LogP contribution in [-0.2, 0) is 0 Å². The molecule has 3 N–H and O–H groups in total. The molecule has 1 atom stereocenters. The number of aromatic amines is 1. The molecule has 2 aromatic heterocycles. The van der Waals surface area contributed by atoms with E-state index in [2.05, 4.69) is 22.1 Å². The van der Waals surface area contributed by atoms with Gasteiger partial charge in [-0.3, -0.25) is 0 Å². The standard InChI is InChI=1S/C14H15N3S/c1-8(15)13-9(2)17-14(18-13)11-7-16-12-6-4-3-5-10(11)12/h3-8,16H,15H2,1-2H3. The Labute approximate surface area is 110 Å². The first kappa shape index (κ1) is 11.4. The Morgan fingerprint density at radius 3 is 2.83 bits per heavy atom. The zero-order chi connectivity index (χ0) is 12.7. The number of aryl methyl sites for hydroxylation is 1. The Bertz CT molecular complexity index is 694. The maximum atomic E-state index is 5.96. The van der Waals surface area contributed by atoms with E-state index in [4.69, 9.17) is 5.73 Å². The van der Waals surface area contributed by atoms with Crippen molar-refractivity contribution in [3.05, 3.63) is 41.0 Å². The van der Waals surface area contributed by atoms with Crippen LogP contribution in [0.25, 0.3) is 21.5 Å². The lowest BCUT2D eigenvalue weighted by atomic mass is 10.2. The maximum absolute atomic E-state index is 5.96. The molecule has 92 valence electrons. The van der Waals surface area contributed by atoms with Crippen molar-refractivity contribution in [2.45, 2.75) is 19.9 Å². The molecular weight excluding hydrogens is 242 g/mol. The van der Waals surface area contributed by atoms with Gasteiger partial charge < -0.3 is 10.7 Å². The first-order valence-corrected chi connectivity index (χ1v) is 6.78. The van der Waals surface area contributed by atoms with E-state index < -0.39 is 0 Å². The van der Waals surface area contributed by atoms with Gasteiger partial charge in [0.1, 0.15) is 5.01 Å². The lowest BCUT2D eigenvalue weighted by Crippen LogP contribution is -2.03. The molecule has 0 bridgehead atoms. The van der Waals surface area contributed by atoms with Crippen LogP contribution in [0.5, 0.6) is 0 Å². The van der Waals surface area contributed by atoms with E-state index in [1.54, 1.807) is 11.3 Å². The van der Waals surface area contributed by atoms with E-state index in [0.29, 0.717) is 0 Å². The van der Waals surface area contributed by atoms with Crippen LogP contribution in [0.3, 0.4) is 0 Å². The van der Waals surface area contributed by atoms with Crippen LogP contribution < -0.4 is 5.73 Å². The summed E-state index contributed by atoms with van der Waals surface area (Å²) in [6, 6.07) is 8.31. The minimum atomic E-state index is 0.0430. The molecule has 0 radical (unpaired) electrons. The van der Waals surface area contributed by atoms with Crippen LogP contribution in [0.1, 0.15) is 23.5 Å². The number of nitrogens with one attached hydrogen (secondary N) is 1.